The number of rotatable bonds is 6. The molecule has 0 unspecified atom stereocenters. The second kappa shape index (κ2) is 6.83. The Labute approximate surface area is 122 Å². The molecule has 1 aromatic rings. The molecule has 0 aliphatic carbocycles. The molecule has 0 radical (unpaired) electrons. The number of hydrogen-bond acceptors (Lipinski definition) is 4. The average molecular weight is 294 g/mol. The molecule has 2 atom stereocenters. The Morgan fingerprint density at radius 2 is 2.05 bits per heavy atom. The Morgan fingerprint density at radius 3 is 2.52 bits per heavy atom. The number of nitrogens with one attached hydrogen (secondary N) is 1. The molecular formula is C14H18N2O5. The van der Waals surface area contributed by atoms with Crippen LogP contribution in [0.4, 0.5) is 5.69 Å². The summed E-state index contributed by atoms with van der Waals surface area (Å²) in [7, 11) is 0. The highest BCUT2D eigenvalue weighted by atomic mass is 16.6. The second-order valence-electron chi connectivity index (χ2n) is 4.88. The van der Waals surface area contributed by atoms with Crippen molar-refractivity contribution >= 4 is 17.6 Å². The van der Waals surface area contributed by atoms with Crippen LogP contribution in [0.25, 0.3) is 0 Å². The molecule has 1 rings (SSSR count). The lowest BCUT2D eigenvalue weighted by Gasteiger charge is -2.20. The number of amides is 1. The van der Waals surface area contributed by atoms with Gasteiger partial charge in [-0.3, -0.25) is 14.9 Å². The molecule has 0 aliphatic heterocycles. The van der Waals surface area contributed by atoms with Crippen LogP contribution in [0.15, 0.2) is 18.2 Å². The molecule has 0 heterocycles. The molecule has 0 spiro atoms. The normalized spacial score (nSPS) is 13.3. The predicted octanol–water partition coefficient (Wildman–Crippen LogP) is 2.13. The van der Waals surface area contributed by atoms with Crippen LogP contribution in [-0.4, -0.2) is 27.9 Å². The molecule has 21 heavy (non-hydrogen) atoms. The van der Waals surface area contributed by atoms with Gasteiger partial charge in [-0.2, -0.15) is 0 Å². The number of benzene rings is 1. The standard InChI is InChI=1S/C14H18N2O5/c1-4-8(2)12(14(18)19)15-13(17)10-6-5-7-11(9(10)3)16(20)21/h5-8,12H,4H2,1-3H3,(H,15,17)(H,18,19)/t8-,12-/m0/s1. The molecule has 1 amide bonds. The number of nitro groups is 1. The molecule has 7 heteroatoms. The van der Waals surface area contributed by atoms with E-state index in [1.54, 1.807) is 6.92 Å². The number of nitrogens with zero attached hydrogens (tertiary/aromatic N) is 1. The lowest BCUT2D eigenvalue weighted by atomic mass is 9.98. The summed E-state index contributed by atoms with van der Waals surface area (Å²) >= 11 is 0. The smallest absolute Gasteiger partial charge is 0.326 e. The highest BCUT2D eigenvalue weighted by Crippen LogP contribution is 2.21. The van der Waals surface area contributed by atoms with Crippen LogP contribution in [0, 0.1) is 23.0 Å². The van der Waals surface area contributed by atoms with E-state index in [0.29, 0.717) is 6.42 Å². The highest BCUT2D eigenvalue weighted by molar-refractivity contribution is 5.98. The van der Waals surface area contributed by atoms with Gasteiger partial charge in [-0.25, -0.2) is 4.79 Å². The minimum absolute atomic E-state index is 0.110. The zero-order valence-electron chi connectivity index (χ0n) is 12.1. The lowest BCUT2D eigenvalue weighted by molar-refractivity contribution is -0.385. The average Bonchev–Trinajstić information content (AvgIpc) is 2.43. The highest BCUT2D eigenvalue weighted by Gasteiger charge is 2.27. The molecule has 1 aromatic carbocycles. The SMILES string of the molecule is CC[C@H](C)[C@H](NC(=O)c1cccc([N+](=O)[O-])c1C)C(=O)O. The summed E-state index contributed by atoms with van der Waals surface area (Å²) in [4.78, 5) is 33.7. The van der Waals surface area contributed by atoms with Gasteiger partial charge in [0, 0.05) is 17.2 Å². The van der Waals surface area contributed by atoms with Crippen molar-refractivity contribution in [2.75, 3.05) is 0 Å². The number of carboxylic acids is 1. The zero-order valence-corrected chi connectivity index (χ0v) is 12.1. The number of hydrogen-bond donors (Lipinski definition) is 2. The third kappa shape index (κ3) is 3.77. The van der Waals surface area contributed by atoms with Crippen LogP contribution in [0.5, 0.6) is 0 Å². The van der Waals surface area contributed by atoms with E-state index in [0.717, 1.165) is 0 Å². The molecule has 0 saturated heterocycles. The van der Waals surface area contributed by atoms with Crippen LogP contribution in [0.3, 0.4) is 0 Å². The minimum atomic E-state index is -1.12. The monoisotopic (exact) mass is 294 g/mol. The van der Waals surface area contributed by atoms with Gasteiger partial charge in [-0.1, -0.05) is 26.3 Å². The lowest BCUT2D eigenvalue weighted by Crippen LogP contribution is -2.45. The Morgan fingerprint density at radius 1 is 1.43 bits per heavy atom. The van der Waals surface area contributed by atoms with Gasteiger partial charge in [0.2, 0.25) is 0 Å². The van der Waals surface area contributed by atoms with E-state index >= 15 is 0 Å². The maximum Gasteiger partial charge on any atom is 0.326 e. The van der Waals surface area contributed by atoms with Crippen molar-refractivity contribution in [2.45, 2.75) is 33.2 Å². The van der Waals surface area contributed by atoms with Crippen LogP contribution >= 0.6 is 0 Å². The summed E-state index contributed by atoms with van der Waals surface area (Å²) in [5, 5.41) is 22.5. The predicted molar refractivity (Wildman–Crippen MR) is 76.2 cm³/mol. The largest absolute Gasteiger partial charge is 0.480 e. The molecule has 2 N–H and O–H groups in total. The van der Waals surface area contributed by atoms with E-state index in [2.05, 4.69) is 5.32 Å². The van der Waals surface area contributed by atoms with Gasteiger partial charge in [0.05, 0.1) is 4.92 Å². The first-order valence-electron chi connectivity index (χ1n) is 6.57. The number of carbonyl (C=O) groups excluding carboxylic acids is 1. The molecule has 0 saturated carbocycles. The third-order valence-corrected chi connectivity index (χ3v) is 3.51. The van der Waals surface area contributed by atoms with E-state index in [1.165, 1.54) is 25.1 Å². The van der Waals surface area contributed by atoms with E-state index in [-0.39, 0.29) is 22.7 Å². The van der Waals surface area contributed by atoms with E-state index < -0.39 is 22.8 Å². The van der Waals surface area contributed by atoms with Crippen LogP contribution < -0.4 is 5.32 Å². The summed E-state index contributed by atoms with van der Waals surface area (Å²) in [5.41, 5.74) is 0.158. The van der Waals surface area contributed by atoms with E-state index in [1.807, 2.05) is 6.92 Å². The fourth-order valence-corrected chi connectivity index (χ4v) is 1.97. The number of carboxylic acid groups (broad SMARTS) is 1. The second-order valence-corrected chi connectivity index (χ2v) is 4.88. The summed E-state index contributed by atoms with van der Waals surface area (Å²) in [6, 6.07) is 3.11. The van der Waals surface area contributed by atoms with Gasteiger partial charge in [0.25, 0.3) is 11.6 Å². The van der Waals surface area contributed by atoms with Crippen molar-refractivity contribution in [1.82, 2.24) is 5.32 Å². The van der Waals surface area contributed by atoms with Crippen molar-refractivity contribution in [3.8, 4) is 0 Å². The Bertz CT molecular complexity index is 570. The molecule has 0 fully saturated rings. The number of nitro benzene ring substituents is 1. The quantitative estimate of drug-likeness (QED) is 0.617. The van der Waals surface area contributed by atoms with E-state index in [4.69, 9.17) is 5.11 Å². The Hall–Kier alpha value is -2.44. The summed E-state index contributed by atoms with van der Waals surface area (Å²) in [6.45, 7) is 5.01. The maximum absolute atomic E-state index is 12.2. The number of aliphatic carboxylic acids is 1. The molecule has 0 aliphatic rings. The van der Waals surface area contributed by atoms with Gasteiger partial charge >= 0.3 is 5.97 Å². The fraction of sp³-hybridized carbons (Fsp3) is 0.429. The summed E-state index contributed by atoms with van der Waals surface area (Å²) < 4.78 is 0. The van der Waals surface area contributed by atoms with Crippen molar-refractivity contribution in [2.24, 2.45) is 5.92 Å². The molecule has 0 aromatic heterocycles. The van der Waals surface area contributed by atoms with Gasteiger partial charge in [0.15, 0.2) is 0 Å². The maximum atomic E-state index is 12.2. The van der Waals surface area contributed by atoms with Crippen molar-refractivity contribution in [3.63, 3.8) is 0 Å². The fourth-order valence-electron chi connectivity index (χ4n) is 1.97. The minimum Gasteiger partial charge on any atom is -0.480 e. The van der Waals surface area contributed by atoms with Crippen LogP contribution in [-0.2, 0) is 4.79 Å². The van der Waals surface area contributed by atoms with Crippen LogP contribution in [0.1, 0.15) is 36.2 Å². The first kappa shape index (κ1) is 16.6. The van der Waals surface area contributed by atoms with Crippen molar-refractivity contribution in [1.29, 1.82) is 0 Å². The van der Waals surface area contributed by atoms with Crippen LogP contribution in [0.2, 0.25) is 0 Å². The Balaban J connectivity index is 3.06. The zero-order chi connectivity index (χ0) is 16.2. The van der Waals surface area contributed by atoms with Crippen molar-refractivity contribution in [3.05, 3.63) is 39.4 Å². The Kier molecular flexibility index (Phi) is 5.40. The topological polar surface area (TPSA) is 110 Å². The summed E-state index contributed by atoms with van der Waals surface area (Å²) in [5.74, 6) is -1.99. The van der Waals surface area contributed by atoms with Crippen molar-refractivity contribution < 1.29 is 19.6 Å². The first-order chi connectivity index (χ1) is 9.79. The first-order valence-corrected chi connectivity index (χ1v) is 6.57. The summed E-state index contributed by atoms with van der Waals surface area (Å²) in [6.07, 6.45) is 0.588. The van der Waals surface area contributed by atoms with Gasteiger partial charge in [-0.15, -0.1) is 0 Å². The van der Waals surface area contributed by atoms with Gasteiger partial charge in [0.1, 0.15) is 6.04 Å². The third-order valence-electron chi connectivity index (χ3n) is 3.51. The van der Waals surface area contributed by atoms with E-state index in [9.17, 15) is 19.7 Å². The molecule has 7 nitrogen and oxygen atoms in total. The van der Waals surface area contributed by atoms with Gasteiger partial charge < -0.3 is 10.4 Å². The molecule has 114 valence electrons. The molecular weight excluding hydrogens is 276 g/mol. The van der Waals surface area contributed by atoms with Gasteiger partial charge in [-0.05, 0) is 18.9 Å². The molecule has 0 bridgehead atoms. The number of carbonyl (C=O) groups is 2.